The monoisotopic (exact) mass is 265 g/mol. The Balaban J connectivity index is 2.31. The number of aromatic nitrogens is 5. The number of hydrogen-bond donors (Lipinski definition) is 0. The zero-order valence-electron chi connectivity index (χ0n) is 9.33. The normalized spacial score (nSPS) is 11.9. The molecule has 96 valence electrons. The smallest absolute Gasteiger partial charge is 0.254 e. The molecule has 5 nitrogen and oxygen atoms in total. The van der Waals surface area contributed by atoms with Crippen LogP contribution in [0.2, 0.25) is 0 Å². The fourth-order valence-electron chi connectivity index (χ4n) is 1.76. The van der Waals surface area contributed by atoms with E-state index in [4.69, 9.17) is 0 Å². The SMILES string of the molecule is FC(F)(F)c1cccnc1-c1ccnc2ncnn12. The summed E-state index contributed by atoms with van der Waals surface area (Å²) in [5.74, 6) is 0.219. The van der Waals surface area contributed by atoms with Crippen LogP contribution in [0.4, 0.5) is 13.2 Å². The average Bonchev–Trinajstić information content (AvgIpc) is 2.85. The minimum absolute atomic E-state index is 0.190. The molecule has 3 aromatic heterocycles. The molecule has 0 N–H and O–H groups in total. The quantitative estimate of drug-likeness (QED) is 0.677. The number of hydrogen-bond acceptors (Lipinski definition) is 4. The summed E-state index contributed by atoms with van der Waals surface area (Å²) in [7, 11) is 0. The van der Waals surface area contributed by atoms with Crippen molar-refractivity contribution in [3.63, 3.8) is 0 Å². The minimum atomic E-state index is -4.49. The zero-order valence-corrected chi connectivity index (χ0v) is 9.33. The van der Waals surface area contributed by atoms with E-state index in [1.165, 1.54) is 35.4 Å². The first kappa shape index (κ1) is 11.6. The lowest BCUT2D eigenvalue weighted by molar-refractivity contribution is -0.137. The van der Waals surface area contributed by atoms with Gasteiger partial charge in [0.1, 0.15) is 12.0 Å². The highest BCUT2D eigenvalue weighted by Crippen LogP contribution is 2.35. The van der Waals surface area contributed by atoms with Gasteiger partial charge in [0.25, 0.3) is 5.78 Å². The van der Waals surface area contributed by atoms with Crippen molar-refractivity contribution < 1.29 is 13.2 Å². The third kappa shape index (κ3) is 1.90. The highest BCUT2D eigenvalue weighted by atomic mass is 19.4. The molecule has 19 heavy (non-hydrogen) atoms. The molecule has 0 unspecified atom stereocenters. The van der Waals surface area contributed by atoms with Gasteiger partial charge in [0.05, 0.1) is 11.3 Å². The number of halogens is 3. The van der Waals surface area contributed by atoms with Crippen molar-refractivity contribution in [2.75, 3.05) is 0 Å². The van der Waals surface area contributed by atoms with Gasteiger partial charge >= 0.3 is 6.18 Å². The van der Waals surface area contributed by atoms with Gasteiger partial charge in [-0.25, -0.2) is 4.98 Å². The topological polar surface area (TPSA) is 56.0 Å². The van der Waals surface area contributed by atoms with E-state index < -0.39 is 11.7 Å². The third-order valence-electron chi connectivity index (χ3n) is 2.54. The Hall–Kier alpha value is -2.51. The largest absolute Gasteiger partial charge is 0.418 e. The van der Waals surface area contributed by atoms with Crippen molar-refractivity contribution in [3.8, 4) is 11.4 Å². The van der Waals surface area contributed by atoms with E-state index >= 15 is 0 Å². The van der Waals surface area contributed by atoms with Crippen molar-refractivity contribution in [2.45, 2.75) is 6.18 Å². The van der Waals surface area contributed by atoms with Crippen molar-refractivity contribution in [3.05, 3.63) is 42.5 Å². The molecule has 0 spiro atoms. The van der Waals surface area contributed by atoms with Crippen LogP contribution in [0.25, 0.3) is 17.2 Å². The Kier molecular flexibility index (Phi) is 2.44. The lowest BCUT2D eigenvalue weighted by Crippen LogP contribution is -2.10. The summed E-state index contributed by atoms with van der Waals surface area (Å²) in [5.41, 5.74) is -0.832. The molecule has 0 aromatic carbocycles. The van der Waals surface area contributed by atoms with Crippen molar-refractivity contribution in [1.82, 2.24) is 24.6 Å². The predicted octanol–water partition coefficient (Wildman–Crippen LogP) is 2.21. The number of alkyl halides is 3. The van der Waals surface area contributed by atoms with Crippen LogP contribution in [0.5, 0.6) is 0 Å². The average molecular weight is 265 g/mol. The van der Waals surface area contributed by atoms with Gasteiger partial charge in [0.2, 0.25) is 0 Å². The first-order valence-electron chi connectivity index (χ1n) is 5.25. The van der Waals surface area contributed by atoms with E-state index in [0.29, 0.717) is 0 Å². The Labute approximate surface area is 104 Å². The van der Waals surface area contributed by atoms with E-state index in [9.17, 15) is 13.2 Å². The maximum absolute atomic E-state index is 13.0. The molecule has 0 fully saturated rings. The van der Waals surface area contributed by atoms with Crippen LogP contribution in [0, 0.1) is 0 Å². The summed E-state index contributed by atoms with van der Waals surface area (Å²) >= 11 is 0. The maximum atomic E-state index is 13.0. The molecule has 3 aromatic rings. The first-order chi connectivity index (χ1) is 9.07. The molecule has 0 aliphatic rings. The fraction of sp³-hybridized carbons (Fsp3) is 0.0909. The van der Waals surface area contributed by atoms with Crippen LogP contribution in [0.1, 0.15) is 5.56 Å². The summed E-state index contributed by atoms with van der Waals surface area (Å²) in [5, 5.41) is 3.85. The molecule has 0 amide bonds. The highest BCUT2D eigenvalue weighted by molar-refractivity contribution is 5.61. The first-order valence-corrected chi connectivity index (χ1v) is 5.25. The van der Waals surface area contributed by atoms with Gasteiger partial charge in [-0.15, -0.1) is 0 Å². The van der Waals surface area contributed by atoms with E-state index in [2.05, 4.69) is 20.1 Å². The molecule has 0 aliphatic carbocycles. The summed E-state index contributed by atoms with van der Waals surface area (Å²) < 4.78 is 40.1. The number of fused-ring (bicyclic) bond motifs is 1. The molecular formula is C11H6F3N5. The second-order valence-corrected chi connectivity index (χ2v) is 3.70. The summed E-state index contributed by atoms with van der Waals surface area (Å²) in [6.45, 7) is 0. The maximum Gasteiger partial charge on any atom is 0.418 e. The molecule has 0 atom stereocenters. The molecular weight excluding hydrogens is 259 g/mol. The van der Waals surface area contributed by atoms with Gasteiger partial charge in [-0.3, -0.25) is 4.98 Å². The number of rotatable bonds is 1. The van der Waals surface area contributed by atoms with E-state index in [-0.39, 0.29) is 17.2 Å². The predicted molar refractivity (Wildman–Crippen MR) is 59.0 cm³/mol. The second-order valence-electron chi connectivity index (χ2n) is 3.70. The third-order valence-corrected chi connectivity index (χ3v) is 2.54. The fourth-order valence-corrected chi connectivity index (χ4v) is 1.76. The molecule has 3 rings (SSSR count). The molecule has 0 saturated heterocycles. The van der Waals surface area contributed by atoms with Gasteiger partial charge in [0.15, 0.2) is 0 Å². The van der Waals surface area contributed by atoms with E-state index in [1.807, 2.05) is 0 Å². The van der Waals surface area contributed by atoms with Gasteiger partial charge in [-0.2, -0.15) is 27.8 Å². The Morgan fingerprint density at radius 3 is 2.63 bits per heavy atom. The molecule has 8 heteroatoms. The summed E-state index contributed by atoms with van der Waals surface area (Å²) in [6.07, 6.45) is -0.594. The van der Waals surface area contributed by atoms with E-state index in [0.717, 1.165) is 6.07 Å². The Morgan fingerprint density at radius 2 is 1.84 bits per heavy atom. The summed E-state index contributed by atoms with van der Waals surface area (Å²) in [6, 6.07) is 3.64. The van der Waals surface area contributed by atoms with Crippen LogP contribution in [0.15, 0.2) is 36.9 Å². The van der Waals surface area contributed by atoms with Crippen LogP contribution >= 0.6 is 0 Å². The second kappa shape index (κ2) is 4.01. The molecule has 0 bridgehead atoms. The van der Waals surface area contributed by atoms with Crippen LogP contribution in [-0.2, 0) is 6.18 Å². The van der Waals surface area contributed by atoms with Gasteiger partial charge in [-0.05, 0) is 18.2 Å². The zero-order chi connectivity index (χ0) is 13.5. The van der Waals surface area contributed by atoms with Crippen molar-refractivity contribution >= 4 is 5.78 Å². The molecule has 0 radical (unpaired) electrons. The van der Waals surface area contributed by atoms with Crippen LogP contribution in [-0.4, -0.2) is 24.6 Å². The Bertz CT molecular complexity index is 734. The molecule has 0 saturated carbocycles. The van der Waals surface area contributed by atoms with Crippen molar-refractivity contribution in [2.24, 2.45) is 0 Å². The van der Waals surface area contributed by atoms with Crippen LogP contribution in [0.3, 0.4) is 0 Å². The Morgan fingerprint density at radius 1 is 1.00 bits per heavy atom. The number of nitrogens with zero attached hydrogens (tertiary/aromatic N) is 5. The molecule has 3 heterocycles. The standard InChI is InChI=1S/C11H6F3N5/c12-11(13,14)7-2-1-4-15-9(7)8-3-5-16-10-17-6-18-19(8)10/h1-6H. The number of pyridine rings is 1. The van der Waals surface area contributed by atoms with Crippen molar-refractivity contribution in [1.29, 1.82) is 0 Å². The van der Waals surface area contributed by atoms with Gasteiger partial charge in [0, 0.05) is 12.4 Å². The van der Waals surface area contributed by atoms with Gasteiger partial charge in [-0.1, -0.05) is 0 Å². The van der Waals surface area contributed by atoms with E-state index in [1.54, 1.807) is 0 Å². The minimum Gasteiger partial charge on any atom is -0.254 e. The lowest BCUT2D eigenvalue weighted by Gasteiger charge is -2.11. The van der Waals surface area contributed by atoms with Gasteiger partial charge < -0.3 is 0 Å². The lowest BCUT2D eigenvalue weighted by atomic mass is 10.1. The highest BCUT2D eigenvalue weighted by Gasteiger charge is 2.34. The summed E-state index contributed by atoms with van der Waals surface area (Å²) in [4.78, 5) is 11.5. The molecule has 0 aliphatic heterocycles. The van der Waals surface area contributed by atoms with Crippen LogP contribution < -0.4 is 0 Å².